The molecule has 0 bridgehead atoms. The van der Waals surface area contributed by atoms with E-state index >= 15 is 0 Å². The number of aliphatic hydroxyl groups excluding tert-OH is 1. The predicted octanol–water partition coefficient (Wildman–Crippen LogP) is 3.51. The lowest BCUT2D eigenvalue weighted by Crippen LogP contribution is -2.49. The molecule has 3 saturated heterocycles. The van der Waals surface area contributed by atoms with E-state index in [9.17, 15) is 9.50 Å². The van der Waals surface area contributed by atoms with Gasteiger partial charge in [-0.15, -0.1) is 0 Å². The minimum absolute atomic E-state index is 0.0768. The van der Waals surface area contributed by atoms with Gasteiger partial charge in [0.2, 0.25) is 0 Å². The highest BCUT2D eigenvalue weighted by atomic mass is 19.1. The van der Waals surface area contributed by atoms with Crippen LogP contribution >= 0.6 is 0 Å². The number of nitrogens with one attached hydrogen (secondary N) is 1. The minimum atomic E-state index is -0.950. The number of nitrogens with zero attached hydrogens (tertiary/aromatic N) is 4. The summed E-state index contributed by atoms with van der Waals surface area (Å²) in [5.74, 6) is 0.717. The van der Waals surface area contributed by atoms with Gasteiger partial charge in [0.25, 0.3) is 0 Å². The molecule has 1 aromatic heterocycles. The quantitative estimate of drug-likeness (QED) is 0.390. The molecule has 2 unspecified atom stereocenters. The van der Waals surface area contributed by atoms with Gasteiger partial charge in [-0.1, -0.05) is 42.5 Å². The lowest BCUT2D eigenvalue weighted by Gasteiger charge is -2.43. The summed E-state index contributed by atoms with van der Waals surface area (Å²) in [4.78, 5) is 14.4. The average molecular weight is 578 g/mol. The van der Waals surface area contributed by atoms with Gasteiger partial charge in [0, 0.05) is 46.3 Å². The number of methoxy groups -OCH3 is 1. The summed E-state index contributed by atoms with van der Waals surface area (Å²) in [5.41, 5.74) is 1.42. The summed E-state index contributed by atoms with van der Waals surface area (Å²) >= 11 is 0. The molecule has 0 amide bonds. The molecule has 9 nitrogen and oxygen atoms in total. The van der Waals surface area contributed by atoms with Crippen LogP contribution in [-0.2, 0) is 21.6 Å². The van der Waals surface area contributed by atoms with Gasteiger partial charge in [-0.2, -0.15) is 9.97 Å². The van der Waals surface area contributed by atoms with Crippen molar-refractivity contribution in [2.75, 3.05) is 58.1 Å². The van der Waals surface area contributed by atoms with Crippen molar-refractivity contribution >= 4 is 16.6 Å². The van der Waals surface area contributed by atoms with Crippen molar-refractivity contribution in [3.05, 3.63) is 59.3 Å². The Morgan fingerprint density at radius 1 is 1.10 bits per heavy atom. The molecule has 10 heteroatoms. The summed E-state index contributed by atoms with van der Waals surface area (Å²) < 4.78 is 33.0. The fraction of sp³-hybridized carbons (Fsp3) is 0.562. The van der Waals surface area contributed by atoms with E-state index in [2.05, 4.69) is 45.4 Å². The lowest BCUT2D eigenvalue weighted by molar-refractivity contribution is -0.116. The Kier molecular flexibility index (Phi) is 7.52. The van der Waals surface area contributed by atoms with Crippen LogP contribution in [0.25, 0.3) is 10.8 Å². The van der Waals surface area contributed by atoms with E-state index in [0.29, 0.717) is 39.2 Å². The molecule has 4 aliphatic rings. The second-order valence-electron chi connectivity index (χ2n) is 12.3. The summed E-state index contributed by atoms with van der Waals surface area (Å²) in [6.07, 6.45) is 2.78. The van der Waals surface area contributed by atoms with E-state index in [-0.39, 0.29) is 18.3 Å². The first-order valence-corrected chi connectivity index (χ1v) is 15.2. The van der Waals surface area contributed by atoms with Gasteiger partial charge in [-0.3, -0.25) is 4.90 Å². The van der Waals surface area contributed by atoms with Gasteiger partial charge in [0.1, 0.15) is 31.0 Å². The van der Waals surface area contributed by atoms with Crippen LogP contribution in [0.4, 0.5) is 10.2 Å². The molecule has 5 heterocycles. The molecule has 3 fully saturated rings. The number of anilines is 1. The van der Waals surface area contributed by atoms with Crippen LogP contribution in [0.5, 0.6) is 6.01 Å². The van der Waals surface area contributed by atoms with Crippen LogP contribution in [0.3, 0.4) is 0 Å². The van der Waals surface area contributed by atoms with Crippen molar-refractivity contribution in [3.8, 4) is 6.01 Å². The Morgan fingerprint density at radius 2 is 1.98 bits per heavy atom. The number of hydrogen-bond donors (Lipinski definition) is 2. The lowest BCUT2D eigenvalue weighted by atomic mass is 9.80. The third-order valence-corrected chi connectivity index (χ3v) is 9.59. The van der Waals surface area contributed by atoms with Crippen molar-refractivity contribution in [1.29, 1.82) is 0 Å². The van der Waals surface area contributed by atoms with Crippen LogP contribution in [0.2, 0.25) is 0 Å². The van der Waals surface area contributed by atoms with Gasteiger partial charge >= 0.3 is 6.01 Å². The first-order chi connectivity index (χ1) is 20.5. The van der Waals surface area contributed by atoms with E-state index < -0.39 is 17.9 Å². The van der Waals surface area contributed by atoms with E-state index in [1.807, 2.05) is 12.1 Å². The number of ether oxygens (including phenoxy) is 3. The number of aromatic nitrogens is 2. The number of alkyl halides is 1. The second-order valence-corrected chi connectivity index (χ2v) is 12.3. The Morgan fingerprint density at radius 3 is 2.86 bits per heavy atom. The number of fused-ring (bicyclic) bond motifs is 3. The molecule has 3 aromatic rings. The first kappa shape index (κ1) is 27.9. The van der Waals surface area contributed by atoms with Crippen LogP contribution in [0.1, 0.15) is 48.9 Å². The summed E-state index contributed by atoms with van der Waals surface area (Å²) in [5, 5.41) is 16.4. The highest BCUT2D eigenvalue weighted by Crippen LogP contribution is 2.46. The largest absolute Gasteiger partial charge is 0.461 e. The zero-order chi connectivity index (χ0) is 28.7. The zero-order valence-corrected chi connectivity index (χ0v) is 24.2. The predicted molar refractivity (Wildman–Crippen MR) is 157 cm³/mol. The maximum Gasteiger partial charge on any atom is 0.318 e. The first-order valence-electron chi connectivity index (χ1n) is 15.2. The molecule has 0 radical (unpaired) electrons. The monoisotopic (exact) mass is 577 g/mol. The van der Waals surface area contributed by atoms with Gasteiger partial charge in [0.15, 0.2) is 0 Å². The molecule has 2 aromatic carbocycles. The molecule has 4 atom stereocenters. The molecule has 2 N–H and O–H groups in total. The molecular formula is C32H40FN5O4. The third kappa shape index (κ3) is 4.83. The van der Waals surface area contributed by atoms with Crippen molar-refractivity contribution in [1.82, 2.24) is 20.2 Å². The van der Waals surface area contributed by atoms with E-state index in [1.54, 1.807) is 7.11 Å². The smallest absolute Gasteiger partial charge is 0.318 e. The number of aliphatic hydroxyl groups is 1. The fourth-order valence-corrected chi connectivity index (χ4v) is 7.71. The van der Waals surface area contributed by atoms with Gasteiger partial charge in [-0.05, 0) is 48.6 Å². The molecule has 0 spiro atoms. The molecule has 0 saturated carbocycles. The molecule has 7 rings (SSSR count). The highest BCUT2D eigenvalue weighted by molar-refractivity contribution is 5.87. The molecular weight excluding hydrogens is 537 g/mol. The topological polar surface area (TPSA) is 92.2 Å². The number of rotatable bonds is 8. The molecule has 224 valence electrons. The number of hydrogen-bond acceptors (Lipinski definition) is 9. The minimum Gasteiger partial charge on any atom is -0.461 e. The number of benzene rings is 2. The molecule has 42 heavy (non-hydrogen) atoms. The van der Waals surface area contributed by atoms with Gasteiger partial charge in [0.05, 0.1) is 22.9 Å². The number of β-amino-alcohol motifs (C(OH)–C–C–N with tert-alkyl or cyclic N) is 1. The third-order valence-electron chi connectivity index (χ3n) is 9.59. The Balaban J connectivity index is 1.36. The fourth-order valence-electron chi connectivity index (χ4n) is 7.71. The van der Waals surface area contributed by atoms with Crippen molar-refractivity contribution in [2.24, 2.45) is 0 Å². The maximum atomic E-state index is 14.5. The summed E-state index contributed by atoms with van der Waals surface area (Å²) in [6, 6.07) is 14.8. The van der Waals surface area contributed by atoms with Crippen LogP contribution in [-0.4, -0.2) is 91.0 Å². The summed E-state index contributed by atoms with van der Waals surface area (Å²) in [7, 11) is 1.63. The highest BCUT2D eigenvalue weighted by Gasteiger charge is 2.50. The van der Waals surface area contributed by atoms with E-state index in [4.69, 9.17) is 24.2 Å². The van der Waals surface area contributed by atoms with Gasteiger partial charge in [-0.25, -0.2) is 4.39 Å². The van der Waals surface area contributed by atoms with Crippen LogP contribution < -0.4 is 15.0 Å². The van der Waals surface area contributed by atoms with Crippen molar-refractivity contribution < 1.29 is 23.7 Å². The zero-order valence-electron chi connectivity index (χ0n) is 24.2. The van der Waals surface area contributed by atoms with Gasteiger partial charge < -0.3 is 29.5 Å². The second kappa shape index (κ2) is 11.3. The SMILES string of the molecule is COCOC1(c2cccc3ccccc23)CNCc2nc(OC[C@@]34CCCN3C[C@H](F)C4)nc(N3CCCC(O)C3)c21. The standard InChI is InChI=1S/C32H40FN5O4/c1-40-21-42-32(26-11-4-8-22-7-2-3-10-25(22)26)19-34-16-27-28(32)29(37-13-5-9-24(39)18-37)36-30(35-27)41-20-31-12-6-14-38(31)17-23(33)15-31/h2-4,7-8,10-11,23-24,34,39H,5-6,9,12-21H2,1H3/t23-,24?,31+,32?/m1/s1. The maximum absolute atomic E-state index is 14.5. The van der Waals surface area contributed by atoms with E-state index in [0.717, 1.165) is 72.2 Å². The Bertz CT molecular complexity index is 1440. The van der Waals surface area contributed by atoms with Crippen molar-refractivity contribution in [2.45, 2.75) is 62.1 Å². The average Bonchev–Trinajstić information content (AvgIpc) is 3.54. The summed E-state index contributed by atoms with van der Waals surface area (Å²) in [6.45, 7) is 4.05. The van der Waals surface area contributed by atoms with E-state index in [1.165, 1.54) is 0 Å². The number of piperidine rings is 1. The van der Waals surface area contributed by atoms with Crippen LogP contribution in [0, 0.1) is 0 Å². The number of halogens is 1. The Hall–Kier alpha value is -2.89. The van der Waals surface area contributed by atoms with Crippen molar-refractivity contribution in [3.63, 3.8) is 0 Å². The normalized spacial score (nSPS) is 29.5. The molecule has 4 aliphatic heterocycles. The Labute approximate surface area is 246 Å². The molecule has 0 aliphatic carbocycles. The van der Waals surface area contributed by atoms with Crippen LogP contribution in [0.15, 0.2) is 42.5 Å².